The van der Waals surface area contributed by atoms with E-state index in [1.54, 1.807) is 23.1 Å². The number of rotatable bonds is 8. The molecule has 0 saturated carbocycles. The van der Waals surface area contributed by atoms with Gasteiger partial charge in [-0.25, -0.2) is 0 Å². The Bertz CT molecular complexity index is 639. The largest absolute Gasteiger partial charge is 0.339 e. The zero-order chi connectivity index (χ0) is 17.7. The van der Waals surface area contributed by atoms with Crippen LogP contribution in [0.1, 0.15) is 77.5 Å². The van der Waals surface area contributed by atoms with Gasteiger partial charge in [-0.1, -0.05) is 26.7 Å². The topological polar surface area (TPSA) is 57.7 Å². The molecule has 130 valence electrons. The van der Waals surface area contributed by atoms with Crippen LogP contribution in [0.3, 0.4) is 0 Å². The van der Waals surface area contributed by atoms with Gasteiger partial charge < -0.3 is 4.90 Å². The molecule has 3 amide bonds. The van der Waals surface area contributed by atoms with Crippen molar-refractivity contribution in [1.29, 1.82) is 0 Å². The molecule has 1 aromatic carbocycles. The summed E-state index contributed by atoms with van der Waals surface area (Å²) in [5.41, 5.74) is 1.24. The molecule has 5 nitrogen and oxygen atoms in total. The molecule has 0 spiro atoms. The molecular weight excluding hydrogens is 304 g/mol. The Labute approximate surface area is 143 Å². The summed E-state index contributed by atoms with van der Waals surface area (Å²) in [7, 11) is 0. The molecular formula is C19H26N2O3. The summed E-state index contributed by atoms with van der Waals surface area (Å²) >= 11 is 0. The third-order valence-electron chi connectivity index (χ3n) is 4.40. The first-order valence-electron chi connectivity index (χ1n) is 8.84. The summed E-state index contributed by atoms with van der Waals surface area (Å²) in [6.07, 6.45) is 3.68. The Hall–Kier alpha value is -2.17. The standard InChI is InChI=1S/C19H26N2O3/c1-4-7-11-20(6-3)17(22)14-9-10-15-16(13-14)19(24)21(18(15)23)12-8-5-2/h9-10,13H,4-8,11-12H2,1-3H3. The number of imide groups is 1. The lowest BCUT2D eigenvalue weighted by Crippen LogP contribution is -2.32. The van der Waals surface area contributed by atoms with Crippen molar-refractivity contribution < 1.29 is 14.4 Å². The predicted octanol–water partition coefficient (Wildman–Crippen LogP) is 3.34. The van der Waals surface area contributed by atoms with Crippen molar-refractivity contribution in [2.24, 2.45) is 0 Å². The van der Waals surface area contributed by atoms with Gasteiger partial charge in [0.05, 0.1) is 11.1 Å². The van der Waals surface area contributed by atoms with Gasteiger partial charge in [0.2, 0.25) is 0 Å². The Morgan fingerprint density at radius 3 is 2.29 bits per heavy atom. The average molecular weight is 330 g/mol. The summed E-state index contributed by atoms with van der Waals surface area (Å²) in [6.45, 7) is 7.82. The van der Waals surface area contributed by atoms with Gasteiger partial charge in [0.15, 0.2) is 0 Å². The molecule has 0 atom stereocenters. The van der Waals surface area contributed by atoms with Crippen molar-refractivity contribution in [3.8, 4) is 0 Å². The van der Waals surface area contributed by atoms with Gasteiger partial charge in [-0.2, -0.15) is 0 Å². The number of unbranched alkanes of at least 4 members (excludes halogenated alkanes) is 2. The van der Waals surface area contributed by atoms with E-state index in [4.69, 9.17) is 0 Å². The van der Waals surface area contributed by atoms with Crippen molar-refractivity contribution in [2.45, 2.75) is 46.5 Å². The number of amides is 3. The highest BCUT2D eigenvalue weighted by atomic mass is 16.2. The summed E-state index contributed by atoms with van der Waals surface area (Å²) < 4.78 is 0. The second kappa shape index (κ2) is 8.08. The molecule has 5 heteroatoms. The maximum Gasteiger partial charge on any atom is 0.261 e. The molecule has 0 saturated heterocycles. The summed E-state index contributed by atoms with van der Waals surface area (Å²) in [4.78, 5) is 40.5. The third-order valence-corrected chi connectivity index (χ3v) is 4.40. The number of carbonyl (C=O) groups is 3. The normalized spacial score (nSPS) is 13.4. The second-order valence-corrected chi connectivity index (χ2v) is 6.11. The van der Waals surface area contributed by atoms with E-state index in [0.717, 1.165) is 25.7 Å². The smallest absolute Gasteiger partial charge is 0.261 e. The number of benzene rings is 1. The molecule has 0 unspecified atom stereocenters. The van der Waals surface area contributed by atoms with Crippen LogP contribution in [0.2, 0.25) is 0 Å². The molecule has 24 heavy (non-hydrogen) atoms. The van der Waals surface area contributed by atoms with Gasteiger partial charge in [0, 0.05) is 25.2 Å². The maximum atomic E-state index is 12.6. The highest BCUT2D eigenvalue weighted by molar-refractivity contribution is 6.22. The van der Waals surface area contributed by atoms with Crippen LogP contribution in [-0.2, 0) is 0 Å². The van der Waals surface area contributed by atoms with Crippen LogP contribution in [0.5, 0.6) is 0 Å². The number of fused-ring (bicyclic) bond motifs is 1. The fraction of sp³-hybridized carbons (Fsp3) is 0.526. The zero-order valence-electron chi connectivity index (χ0n) is 14.8. The molecule has 1 heterocycles. The van der Waals surface area contributed by atoms with Crippen molar-refractivity contribution in [1.82, 2.24) is 9.80 Å². The Balaban J connectivity index is 2.24. The van der Waals surface area contributed by atoms with E-state index >= 15 is 0 Å². The lowest BCUT2D eigenvalue weighted by molar-refractivity contribution is 0.0652. The molecule has 2 rings (SSSR count). The van der Waals surface area contributed by atoms with Gasteiger partial charge in [0.1, 0.15) is 0 Å². The van der Waals surface area contributed by atoms with Gasteiger partial charge in [-0.15, -0.1) is 0 Å². The highest BCUT2D eigenvalue weighted by Crippen LogP contribution is 2.25. The van der Waals surface area contributed by atoms with Gasteiger partial charge in [-0.3, -0.25) is 19.3 Å². The van der Waals surface area contributed by atoms with Crippen LogP contribution in [0.25, 0.3) is 0 Å². The maximum absolute atomic E-state index is 12.6. The number of nitrogens with zero attached hydrogens (tertiary/aromatic N) is 2. The minimum Gasteiger partial charge on any atom is -0.339 e. The molecule has 1 aromatic rings. The van der Waals surface area contributed by atoms with Crippen LogP contribution >= 0.6 is 0 Å². The summed E-state index contributed by atoms with van der Waals surface area (Å²) in [6, 6.07) is 4.85. The van der Waals surface area contributed by atoms with E-state index in [2.05, 4.69) is 6.92 Å². The highest BCUT2D eigenvalue weighted by Gasteiger charge is 2.35. The predicted molar refractivity (Wildman–Crippen MR) is 93.2 cm³/mol. The fourth-order valence-corrected chi connectivity index (χ4v) is 2.88. The molecule has 0 radical (unpaired) electrons. The molecule has 0 fully saturated rings. The Kier molecular flexibility index (Phi) is 6.12. The third kappa shape index (κ3) is 3.50. The number of carbonyl (C=O) groups excluding carboxylic acids is 3. The Morgan fingerprint density at radius 1 is 1.00 bits per heavy atom. The number of hydrogen-bond acceptors (Lipinski definition) is 3. The van der Waals surface area contributed by atoms with Crippen molar-refractivity contribution >= 4 is 17.7 Å². The average Bonchev–Trinajstić information content (AvgIpc) is 2.84. The van der Waals surface area contributed by atoms with Gasteiger partial charge >= 0.3 is 0 Å². The van der Waals surface area contributed by atoms with Crippen molar-refractivity contribution in [2.75, 3.05) is 19.6 Å². The SMILES string of the molecule is CCCCN(CC)C(=O)c1ccc2c(c1)C(=O)N(CCCC)C2=O. The monoisotopic (exact) mass is 330 g/mol. The van der Waals surface area contributed by atoms with Crippen LogP contribution in [-0.4, -0.2) is 47.2 Å². The van der Waals surface area contributed by atoms with E-state index in [0.29, 0.717) is 36.3 Å². The summed E-state index contributed by atoms with van der Waals surface area (Å²) in [5, 5.41) is 0. The second-order valence-electron chi connectivity index (χ2n) is 6.11. The molecule has 0 aromatic heterocycles. The molecule has 1 aliphatic rings. The van der Waals surface area contributed by atoms with E-state index in [1.165, 1.54) is 4.90 Å². The summed E-state index contributed by atoms with van der Waals surface area (Å²) in [5.74, 6) is -0.614. The fourth-order valence-electron chi connectivity index (χ4n) is 2.88. The van der Waals surface area contributed by atoms with E-state index in [-0.39, 0.29) is 17.7 Å². The van der Waals surface area contributed by atoms with Crippen molar-refractivity contribution in [3.05, 3.63) is 34.9 Å². The van der Waals surface area contributed by atoms with Crippen molar-refractivity contribution in [3.63, 3.8) is 0 Å². The molecule has 0 N–H and O–H groups in total. The van der Waals surface area contributed by atoms with Crippen LogP contribution in [0, 0.1) is 0 Å². The molecule has 0 bridgehead atoms. The van der Waals surface area contributed by atoms with E-state index < -0.39 is 0 Å². The number of hydrogen-bond donors (Lipinski definition) is 0. The minimum atomic E-state index is -0.283. The molecule has 1 aliphatic heterocycles. The van der Waals surface area contributed by atoms with Crippen LogP contribution in [0.15, 0.2) is 18.2 Å². The first-order valence-corrected chi connectivity index (χ1v) is 8.84. The van der Waals surface area contributed by atoms with Gasteiger partial charge in [-0.05, 0) is 38.0 Å². The van der Waals surface area contributed by atoms with Gasteiger partial charge in [0.25, 0.3) is 17.7 Å². The molecule has 0 aliphatic carbocycles. The van der Waals surface area contributed by atoms with Crippen LogP contribution < -0.4 is 0 Å². The van der Waals surface area contributed by atoms with E-state index in [1.807, 2.05) is 13.8 Å². The first-order chi connectivity index (χ1) is 11.5. The lowest BCUT2D eigenvalue weighted by Gasteiger charge is -2.20. The van der Waals surface area contributed by atoms with Crippen LogP contribution in [0.4, 0.5) is 0 Å². The lowest BCUT2D eigenvalue weighted by atomic mass is 10.0. The zero-order valence-corrected chi connectivity index (χ0v) is 14.8. The minimum absolute atomic E-state index is 0.0824. The van der Waals surface area contributed by atoms with E-state index in [9.17, 15) is 14.4 Å². The Morgan fingerprint density at radius 2 is 1.67 bits per heavy atom. The quantitative estimate of drug-likeness (QED) is 0.687. The first kappa shape index (κ1) is 18.2.